The predicted octanol–water partition coefficient (Wildman–Crippen LogP) is 6.04. The van der Waals surface area contributed by atoms with Crippen molar-refractivity contribution < 1.29 is 62.6 Å². The van der Waals surface area contributed by atoms with Crippen LogP contribution in [0.15, 0.2) is 24.3 Å². The maximum absolute atomic E-state index is 14.1. The van der Waals surface area contributed by atoms with Crippen molar-refractivity contribution in [3.63, 3.8) is 0 Å². The number of halogens is 11. The number of esters is 1. The minimum atomic E-state index is -7.51. The number of hydrogen-bond acceptors (Lipinski definition) is 3. The molecule has 0 radical (unpaired) electrons. The van der Waals surface area contributed by atoms with Crippen LogP contribution in [-0.4, -0.2) is 49.6 Å². The molecule has 0 aliphatic carbocycles. The average Bonchev–Trinajstić information content (AvgIpc) is 2.65. The summed E-state index contributed by atoms with van der Waals surface area (Å²) >= 11 is 0. The number of carbonyl (C=O) groups excluding carboxylic acids is 1. The first-order valence-electron chi connectivity index (χ1n) is 8.25. The van der Waals surface area contributed by atoms with Crippen LogP contribution in [-0.2, 0) is 9.47 Å². The minimum absolute atomic E-state index is 0.197. The van der Waals surface area contributed by atoms with Crippen molar-refractivity contribution in [3.8, 4) is 0 Å². The van der Waals surface area contributed by atoms with E-state index in [9.17, 15) is 53.1 Å². The van der Waals surface area contributed by atoms with Gasteiger partial charge < -0.3 is 9.47 Å². The molecule has 31 heavy (non-hydrogen) atoms. The van der Waals surface area contributed by atoms with E-state index in [1.54, 1.807) is 0 Å². The Labute approximate surface area is 168 Å². The minimum Gasteiger partial charge on any atom is -0.462 e. The molecule has 0 aromatic heterocycles. The number of rotatable bonds is 9. The highest BCUT2D eigenvalue weighted by Crippen LogP contribution is 2.58. The lowest BCUT2D eigenvalue weighted by Gasteiger charge is -2.38. The lowest BCUT2D eigenvalue weighted by Crippen LogP contribution is -2.66. The third kappa shape index (κ3) is 4.72. The second-order valence-electron chi connectivity index (χ2n) is 6.16. The fraction of sp³-hybridized carbons (Fsp3) is 0.588. The molecule has 0 saturated carbocycles. The Morgan fingerprint density at radius 1 is 0.871 bits per heavy atom. The van der Waals surface area contributed by atoms with Crippen LogP contribution >= 0.6 is 0 Å². The number of methoxy groups -OCH3 is 1. The lowest BCUT2D eigenvalue weighted by atomic mass is 9.91. The van der Waals surface area contributed by atoms with Crippen LogP contribution in [0.2, 0.25) is 0 Å². The van der Waals surface area contributed by atoms with Crippen molar-refractivity contribution in [2.45, 2.75) is 49.3 Å². The third-order valence-electron chi connectivity index (χ3n) is 4.13. The molecule has 178 valence electrons. The van der Waals surface area contributed by atoms with Gasteiger partial charge in [-0.15, -0.1) is 0 Å². The van der Waals surface area contributed by atoms with Crippen LogP contribution in [0.4, 0.5) is 48.3 Å². The van der Waals surface area contributed by atoms with E-state index in [0.717, 1.165) is 18.2 Å². The molecule has 1 unspecified atom stereocenters. The van der Waals surface area contributed by atoms with Gasteiger partial charge in [0.05, 0.1) is 18.3 Å². The molecule has 0 fully saturated rings. The van der Waals surface area contributed by atoms with Gasteiger partial charge in [0.25, 0.3) is 0 Å². The standard InChI is InChI=1S/C17H15F11O3/c1-3-31-12(29)10-7-5-4-6-9(10)11(30-2)8-13(18,19)14(20,21)15(22,23)16(24,25)17(26,27)28/h4-7,11H,3,8H2,1-2H3. The van der Waals surface area contributed by atoms with Crippen LogP contribution in [0, 0.1) is 0 Å². The SMILES string of the molecule is CCOC(=O)c1ccccc1C(CC(F)(F)C(F)(F)C(F)(F)C(F)(F)C(F)(F)F)OC. The van der Waals surface area contributed by atoms with Gasteiger partial charge in [0.1, 0.15) is 0 Å². The van der Waals surface area contributed by atoms with Crippen LogP contribution in [0.25, 0.3) is 0 Å². The topological polar surface area (TPSA) is 35.5 Å². The molecule has 14 heteroatoms. The lowest BCUT2D eigenvalue weighted by molar-refractivity contribution is -0.423. The third-order valence-corrected chi connectivity index (χ3v) is 4.13. The van der Waals surface area contributed by atoms with Gasteiger partial charge >= 0.3 is 35.8 Å². The zero-order chi connectivity index (χ0) is 24.5. The average molecular weight is 476 g/mol. The van der Waals surface area contributed by atoms with Gasteiger partial charge in [0, 0.05) is 13.5 Å². The van der Waals surface area contributed by atoms with Gasteiger partial charge in [-0.25, -0.2) is 4.79 Å². The molecule has 0 N–H and O–H groups in total. The summed E-state index contributed by atoms with van der Waals surface area (Å²) in [5.74, 6) is -29.4. The Kier molecular flexibility index (Phi) is 7.63. The van der Waals surface area contributed by atoms with E-state index >= 15 is 0 Å². The number of benzene rings is 1. The summed E-state index contributed by atoms with van der Waals surface area (Å²) in [7, 11) is 0.642. The van der Waals surface area contributed by atoms with Gasteiger partial charge in [-0.05, 0) is 18.6 Å². The van der Waals surface area contributed by atoms with Crippen molar-refractivity contribution >= 4 is 5.97 Å². The van der Waals surface area contributed by atoms with Crippen molar-refractivity contribution in [2.75, 3.05) is 13.7 Å². The fourth-order valence-corrected chi connectivity index (χ4v) is 2.46. The first-order valence-corrected chi connectivity index (χ1v) is 8.25. The fourth-order valence-electron chi connectivity index (χ4n) is 2.46. The maximum Gasteiger partial charge on any atom is 0.460 e. The quantitative estimate of drug-likeness (QED) is 0.322. The molecule has 3 nitrogen and oxygen atoms in total. The molecular weight excluding hydrogens is 461 g/mol. The Morgan fingerprint density at radius 3 is 1.84 bits per heavy atom. The Balaban J connectivity index is 3.41. The van der Waals surface area contributed by atoms with E-state index < -0.39 is 59.5 Å². The maximum atomic E-state index is 14.1. The highest BCUT2D eigenvalue weighted by atomic mass is 19.4. The van der Waals surface area contributed by atoms with E-state index in [2.05, 4.69) is 9.47 Å². The zero-order valence-corrected chi connectivity index (χ0v) is 15.7. The molecule has 0 saturated heterocycles. The predicted molar refractivity (Wildman–Crippen MR) is 82.6 cm³/mol. The number of ether oxygens (including phenoxy) is 2. The van der Waals surface area contributed by atoms with Gasteiger partial charge in [-0.2, -0.15) is 48.3 Å². The number of carbonyl (C=O) groups is 1. The molecule has 0 amide bonds. The van der Waals surface area contributed by atoms with E-state index in [1.165, 1.54) is 13.0 Å². The van der Waals surface area contributed by atoms with Crippen LogP contribution < -0.4 is 0 Å². The molecule has 0 spiro atoms. The van der Waals surface area contributed by atoms with Gasteiger partial charge in [-0.3, -0.25) is 0 Å². The van der Waals surface area contributed by atoms with Gasteiger partial charge in [-0.1, -0.05) is 18.2 Å². The molecule has 1 rings (SSSR count). The number of hydrogen-bond donors (Lipinski definition) is 0. The summed E-state index contributed by atoms with van der Waals surface area (Å²) in [6.45, 7) is 1.17. The second kappa shape index (κ2) is 8.79. The second-order valence-corrected chi connectivity index (χ2v) is 6.16. The monoisotopic (exact) mass is 476 g/mol. The van der Waals surface area contributed by atoms with Gasteiger partial charge in [0.15, 0.2) is 0 Å². The largest absolute Gasteiger partial charge is 0.462 e. The van der Waals surface area contributed by atoms with Crippen LogP contribution in [0.5, 0.6) is 0 Å². The smallest absolute Gasteiger partial charge is 0.460 e. The number of alkyl halides is 11. The summed E-state index contributed by atoms with van der Waals surface area (Å²) in [4.78, 5) is 11.9. The molecular formula is C17H15F11O3. The van der Waals surface area contributed by atoms with E-state index in [4.69, 9.17) is 0 Å². The summed E-state index contributed by atoms with van der Waals surface area (Å²) in [5, 5.41) is 0. The first-order chi connectivity index (χ1) is 13.9. The molecule has 1 aromatic carbocycles. The van der Waals surface area contributed by atoms with Crippen LogP contribution in [0.3, 0.4) is 0 Å². The Hall–Kier alpha value is -2.12. The van der Waals surface area contributed by atoms with Crippen molar-refractivity contribution in [1.82, 2.24) is 0 Å². The van der Waals surface area contributed by atoms with Crippen molar-refractivity contribution in [1.29, 1.82) is 0 Å². The molecule has 0 bridgehead atoms. The van der Waals surface area contributed by atoms with Crippen LogP contribution in [0.1, 0.15) is 35.4 Å². The van der Waals surface area contributed by atoms with E-state index in [1.807, 2.05) is 0 Å². The summed E-state index contributed by atoms with van der Waals surface area (Å²) < 4.78 is 154. The Bertz CT molecular complexity index is 775. The van der Waals surface area contributed by atoms with Crippen molar-refractivity contribution in [2.24, 2.45) is 0 Å². The molecule has 0 aliphatic heterocycles. The zero-order valence-electron chi connectivity index (χ0n) is 15.7. The Morgan fingerprint density at radius 2 is 1.39 bits per heavy atom. The molecule has 1 atom stereocenters. The highest BCUT2D eigenvalue weighted by Gasteiger charge is 2.87. The summed E-state index contributed by atoms with van der Waals surface area (Å²) in [6, 6.07) is 4.21. The van der Waals surface area contributed by atoms with Gasteiger partial charge in [0.2, 0.25) is 0 Å². The highest BCUT2D eigenvalue weighted by molar-refractivity contribution is 5.91. The normalized spacial score (nSPS) is 15.0. The van der Waals surface area contributed by atoms with Crippen molar-refractivity contribution in [3.05, 3.63) is 35.4 Å². The summed E-state index contributed by atoms with van der Waals surface area (Å²) in [6.07, 6.45) is -12.0. The molecule has 1 aromatic rings. The summed E-state index contributed by atoms with van der Waals surface area (Å²) in [5.41, 5.74) is -1.06. The molecule has 0 aliphatic rings. The van der Waals surface area contributed by atoms with E-state index in [0.29, 0.717) is 7.11 Å². The van der Waals surface area contributed by atoms with E-state index in [-0.39, 0.29) is 6.61 Å². The molecule has 0 heterocycles. The first kappa shape index (κ1) is 26.9.